The number of rotatable bonds is 4. The molecule has 2 aromatic rings. The minimum absolute atomic E-state index is 0.0945. The highest BCUT2D eigenvalue weighted by molar-refractivity contribution is 7.80. The van der Waals surface area contributed by atoms with Gasteiger partial charge in [0.2, 0.25) is 0 Å². The van der Waals surface area contributed by atoms with Crippen molar-refractivity contribution in [1.29, 1.82) is 0 Å². The molecule has 0 radical (unpaired) electrons. The highest BCUT2D eigenvalue weighted by Crippen LogP contribution is 2.29. The summed E-state index contributed by atoms with van der Waals surface area (Å²) in [5.41, 5.74) is 0.742. The van der Waals surface area contributed by atoms with Gasteiger partial charge in [0.25, 0.3) is 5.91 Å². The molecule has 0 atom stereocenters. The minimum Gasteiger partial charge on any atom is -0.497 e. The van der Waals surface area contributed by atoms with Crippen molar-refractivity contribution < 1.29 is 18.7 Å². The molecule has 0 bridgehead atoms. The van der Waals surface area contributed by atoms with E-state index in [0.29, 0.717) is 48.6 Å². The molecule has 1 aliphatic rings. The second-order valence-corrected chi connectivity index (χ2v) is 6.14. The summed E-state index contributed by atoms with van der Waals surface area (Å²) in [5.74, 6) is 1.66. The molecule has 1 N–H and O–H groups in total. The van der Waals surface area contributed by atoms with E-state index in [4.69, 9.17) is 26.1 Å². The van der Waals surface area contributed by atoms with Crippen molar-refractivity contribution in [1.82, 2.24) is 9.80 Å². The van der Waals surface area contributed by atoms with Crippen LogP contribution in [0, 0.1) is 0 Å². The van der Waals surface area contributed by atoms with E-state index < -0.39 is 0 Å². The first-order valence-electron chi connectivity index (χ1n) is 8.23. The fourth-order valence-electron chi connectivity index (χ4n) is 2.77. The number of thiocarbonyl (C=S) groups is 1. The number of hydrogen-bond acceptors (Lipinski definition) is 5. The zero-order chi connectivity index (χ0) is 18.5. The van der Waals surface area contributed by atoms with Gasteiger partial charge in [-0.25, -0.2) is 0 Å². The summed E-state index contributed by atoms with van der Waals surface area (Å²) in [6.45, 7) is 2.45. The molecule has 3 rings (SSSR count). The van der Waals surface area contributed by atoms with E-state index in [9.17, 15) is 4.79 Å². The topological polar surface area (TPSA) is 67.2 Å². The van der Waals surface area contributed by atoms with Crippen molar-refractivity contribution in [2.45, 2.75) is 0 Å². The average molecular weight is 375 g/mol. The van der Waals surface area contributed by atoms with Crippen molar-refractivity contribution >= 4 is 28.9 Å². The molecule has 7 nitrogen and oxygen atoms in total. The SMILES string of the molecule is COc1ccc(OC)c(NC(=S)N2CCN(C(=O)c3ccco3)CC2)c1. The van der Waals surface area contributed by atoms with Crippen molar-refractivity contribution in [3.63, 3.8) is 0 Å². The molecule has 1 aliphatic heterocycles. The highest BCUT2D eigenvalue weighted by Gasteiger charge is 2.25. The van der Waals surface area contributed by atoms with E-state index in [-0.39, 0.29) is 5.91 Å². The maximum Gasteiger partial charge on any atom is 0.289 e. The van der Waals surface area contributed by atoms with E-state index in [1.807, 2.05) is 23.1 Å². The predicted octanol–water partition coefficient (Wildman–Crippen LogP) is 2.45. The Labute approximate surface area is 157 Å². The van der Waals surface area contributed by atoms with E-state index in [2.05, 4.69) is 5.32 Å². The molecule has 2 heterocycles. The number of anilines is 1. The fourth-order valence-corrected chi connectivity index (χ4v) is 3.07. The molecular weight excluding hydrogens is 354 g/mol. The first-order chi connectivity index (χ1) is 12.6. The number of piperazine rings is 1. The number of methoxy groups -OCH3 is 2. The first kappa shape index (κ1) is 18.1. The predicted molar refractivity (Wildman–Crippen MR) is 102 cm³/mol. The molecule has 0 unspecified atom stereocenters. The number of nitrogens with one attached hydrogen (secondary N) is 1. The molecular formula is C18H21N3O4S. The van der Waals surface area contributed by atoms with Crippen LogP contribution in [-0.4, -0.2) is 61.2 Å². The summed E-state index contributed by atoms with van der Waals surface area (Å²) in [6.07, 6.45) is 1.50. The highest BCUT2D eigenvalue weighted by atomic mass is 32.1. The quantitative estimate of drug-likeness (QED) is 0.824. The van der Waals surface area contributed by atoms with Gasteiger partial charge in [0.1, 0.15) is 11.5 Å². The molecule has 0 aliphatic carbocycles. The van der Waals surface area contributed by atoms with E-state index in [0.717, 1.165) is 5.69 Å². The zero-order valence-corrected chi connectivity index (χ0v) is 15.5. The number of amides is 1. The van der Waals surface area contributed by atoms with Gasteiger partial charge in [-0.15, -0.1) is 0 Å². The van der Waals surface area contributed by atoms with Crippen LogP contribution in [0.15, 0.2) is 41.0 Å². The third-order valence-corrected chi connectivity index (χ3v) is 4.59. The molecule has 1 saturated heterocycles. The van der Waals surface area contributed by atoms with Gasteiger partial charge in [-0.2, -0.15) is 0 Å². The van der Waals surface area contributed by atoms with Gasteiger partial charge in [-0.05, 0) is 36.5 Å². The lowest BCUT2D eigenvalue weighted by molar-refractivity contribution is 0.0661. The Balaban J connectivity index is 1.60. The summed E-state index contributed by atoms with van der Waals surface area (Å²) in [4.78, 5) is 16.1. The van der Waals surface area contributed by atoms with Crippen LogP contribution in [0.3, 0.4) is 0 Å². The van der Waals surface area contributed by atoms with Crippen LogP contribution in [0.4, 0.5) is 5.69 Å². The van der Waals surface area contributed by atoms with Crippen molar-refractivity contribution in [3.05, 3.63) is 42.4 Å². The summed E-state index contributed by atoms with van der Waals surface area (Å²) in [6, 6.07) is 8.87. The van der Waals surface area contributed by atoms with Gasteiger partial charge in [0, 0.05) is 32.2 Å². The van der Waals surface area contributed by atoms with Crippen LogP contribution in [0.1, 0.15) is 10.6 Å². The second kappa shape index (κ2) is 8.09. The Kier molecular flexibility index (Phi) is 5.62. The Hall–Kier alpha value is -2.74. The Morgan fingerprint density at radius 2 is 1.85 bits per heavy atom. The standard InChI is InChI=1S/C18H21N3O4S/c1-23-13-5-6-15(24-2)14(12-13)19-18(26)21-9-7-20(8-10-21)17(22)16-4-3-11-25-16/h3-6,11-12H,7-10H2,1-2H3,(H,19,26). The molecule has 8 heteroatoms. The largest absolute Gasteiger partial charge is 0.497 e. The van der Waals surface area contributed by atoms with Crippen molar-refractivity contribution in [2.75, 3.05) is 45.7 Å². The molecule has 1 fully saturated rings. The van der Waals surface area contributed by atoms with Crippen LogP contribution >= 0.6 is 12.2 Å². The van der Waals surface area contributed by atoms with Crippen LogP contribution in [0.25, 0.3) is 0 Å². The first-order valence-corrected chi connectivity index (χ1v) is 8.64. The third-order valence-electron chi connectivity index (χ3n) is 4.23. The summed E-state index contributed by atoms with van der Waals surface area (Å²) < 4.78 is 15.8. The van der Waals surface area contributed by atoms with Crippen LogP contribution in [-0.2, 0) is 0 Å². The molecule has 1 aromatic carbocycles. The second-order valence-electron chi connectivity index (χ2n) is 5.75. The number of hydrogen-bond donors (Lipinski definition) is 1. The normalized spacial score (nSPS) is 14.1. The average Bonchev–Trinajstić information content (AvgIpc) is 3.22. The van der Waals surface area contributed by atoms with E-state index in [1.54, 1.807) is 31.3 Å². The van der Waals surface area contributed by atoms with E-state index >= 15 is 0 Å². The maximum absolute atomic E-state index is 12.3. The van der Waals surface area contributed by atoms with Crippen LogP contribution < -0.4 is 14.8 Å². The minimum atomic E-state index is -0.0945. The number of furan rings is 1. The molecule has 1 amide bonds. The molecule has 1 aromatic heterocycles. The van der Waals surface area contributed by atoms with Crippen LogP contribution in [0.2, 0.25) is 0 Å². The Morgan fingerprint density at radius 1 is 1.12 bits per heavy atom. The number of ether oxygens (including phenoxy) is 2. The lowest BCUT2D eigenvalue weighted by atomic mass is 10.2. The number of carbonyl (C=O) groups excluding carboxylic acids is 1. The summed E-state index contributed by atoms with van der Waals surface area (Å²) >= 11 is 5.52. The zero-order valence-electron chi connectivity index (χ0n) is 14.7. The molecule has 26 heavy (non-hydrogen) atoms. The molecule has 0 saturated carbocycles. The smallest absolute Gasteiger partial charge is 0.289 e. The van der Waals surface area contributed by atoms with Gasteiger partial charge in [-0.1, -0.05) is 0 Å². The maximum atomic E-state index is 12.3. The molecule has 138 valence electrons. The number of nitrogens with zero attached hydrogens (tertiary/aromatic N) is 2. The van der Waals surface area contributed by atoms with Gasteiger partial charge in [0.15, 0.2) is 10.9 Å². The summed E-state index contributed by atoms with van der Waals surface area (Å²) in [7, 11) is 3.22. The monoisotopic (exact) mass is 375 g/mol. The van der Waals surface area contributed by atoms with Gasteiger partial charge < -0.3 is 29.0 Å². The lowest BCUT2D eigenvalue weighted by Gasteiger charge is -2.36. The van der Waals surface area contributed by atoms with Crippen LogP contribution in [0.5, 0.6) is 11.5 Å². The third kappa shape index (κ3) is 3.91. The van der Waals surface area contributed by atoms with Crippen molar-refractivity contribution in [2.24, 2.45) is 0 Å². The van der Waals surface area contributed by atoms with Gasteiger partial charge in [-0.3, -0.25) is 4.79 Å². The lowest BCUT2D eigenvalue weighted by Crippen LogP contribution is -2.51. The number of carbonyl (C=O) groups is 1. The summed E-state index contributed by atoms with van der Waals surface area (Å²) in [5, 5.41) is 3.79. The molecule has 0 spiro atoms. The Morgan fingerprint density at radius 3 is 2.46 bits per heavy atom. The van der Waals surface area contributed by atoms with Gasteiger partial charge >= 0.3 is 0 Å². The van der Waals surface area contributed by atoms with Gasteiger partial charge in [0.05, 0.1) is 26.2 Å². The van der Waals surface area contributed by atoms with E-state index in [1.165, 1.54) is 6.26 Å². The Bertz CT molecular complexity index is 771. The number of benzene rings is 1. The van der Waals surface area contributed by atoms with Crippen molar-refractivity contribution in [3.8, 4) is 11.5 Å². The fraction of sp³-hybridized carbons (Fsp3) is 0.333.